The highest BCUT2D eigenvalue weighted by molar-refractivity contribution is 5.50. The lowest BCUT2D eigenvalue weighted by atomic mass is 10.2. The number of aromatic nitrogens is 1. The van der Waals surface area contributed by atoms with E-state index in [1.807, 2.05) is 29.8 Å². The average molecular weight is 263 g/mol. The van der Waals surface area contributed by atoms with Gasteiger partial charge in [-0.25, -0.2) is 4.39 Å². The number of aryl methyl sites for hydroxylation is 1. The van der Waals surface area contributed by atoms with Crippen LogP contribution in [-0.2, 0) is 13.1 Å². The number of hydrogen-bond donors (Lipinski definition) is 1. The second-order valence-electron chi connectivity index (χ2n) is 4.06. The van der Waals surface area contributed by atoms with Crippen LogP contribution < -0.4 is 5.32 Å². The van der Waals surface area contributed by atoms with Crippen LogP contribution in [0.25, 0.3) is 0 Å². The maximum Gasteiger partial charge on any atom is 0.272 e. The van der Waals surface area contributed by atoms with E-state index in [0.717, 1.165) is 18.3 Å². The fraction of sp³-hybridized carbons (Fsp3) is 0.231. The van der Waals surface area contributed by atoms with Crippen molar-refractivity contribution in [2.45, 2.75) is 20.0 Å². The van der Waals surface area contributed by atoms with E-state index in [2.05, 4.69) is 5.32 Å². The molecule has 2 aromatic rings. The summed E-state index contributed by atoms with van der Waals surface area (Å²) in [6, 6.07) is 7.45. The van der Waals surface area contributed by atoms with Crippen LogP contribution in [0, 0.1) is 15.9 Å². The molecule has 0 atom stereocenters. The second-order valence-corrected chi connectivity index (χ2v) is 4.06. The van der Waals surface area contributed by atoms with Crippen molar-refractivity contribution < 1.29 is 9.31 Å². The van der Waals surface area contributed by atoms with Crippen LogP contribution in [-0.4, -0.2) is 9.49 Å². The van der Waals surface area contributed by atoms with Crippen LogP contribution in [0.5, 0.6) is 0 Å². The molecule has 6 heteroatoms. The number of nitrogens with one attached hydrogen (secondary N) is 1. The number of anilines is 1. The summed E-state index contributed by atoms with van der Waals surface area (Å²) >= 11 is 0. The van der Waals surface area contributed by atoms with Gasteiger partial charge in [0, 0.05) is 24.5 Å². The molecule has 1 aromatic heterocycles. The van der Waals surface area contributed by atoms with E-state index in [1.54, 1.807) is 0 Å². The topological polar surface area (TPSA) is 60.1 Å². The third kappa shape index (κ3) is 2.90. The molecule has 0 aliphatic carbocycles. The zero-order valence-electron chi connectivity index (χ0n) is 10.5. The second kappa shape index (κ2) is 5.51. The van der Waals surface area contributed by atoms with Crippen molar-refractivity contribution in [1.82, 2.24) is 4.57 Å². The maximum absolute atomic E-state index is 13.6. The molecular formula is C13H14FN3O2. The van der Waals surface area contributed by atoms with Gasteiger partial charge in [-0.2, -0.15) is 0 Å². The third-order valence-electron chi connectivity index (χ3n) is 2.89. The zero-order valence-corrected chi connectivity index (χ0v) is 10.5. The molecule has 19 heavy (non-hydrogen) atoms. The molecule has 0 unspecified atom stereocenters. The van der Waals surface area contributed by atoms with Gasteiger partial charge >= 0.3 is 0 Å². The van der Waals surface area contributed by atoms with Gasteiger partial charge in [0.05, 0.1) is 23.2 Å². The Morgan fingerprint density at radius 3 is 2.84 bits per heavy atom. The average Bonchev–Trinajstić information content (AvgIpc) is 2.84. The zero-order chi connectivity index (χ0) is 13.8. The van der Waals surface area contributed by atoms with Crippen molar-refractivity contribution in [3.8, 4) is 0 Å². The summed E-state index contributed by atoms with van der Waals surface area (Å²) in [7, 11) is 0. The van der Waals surface area contributed by atoms with E-state index in [-0.39, 0.29) is 11.4 Å². The number of benzene rings is 1. The highest BCUT2D eigenvalue weighted by Gasteiger charge is 2.10. The summed E-state index contributed by atoms with van der Waals surface area (Å²) in [5.41, 5.74) is 1.04. The summed E-state index contributed by atoms with van der Waals surface area (Å²) in [6.07, 6.45) is 1.95. The Kier molecular flexibility index (Phi) is 3.79. The Hall–Kier alpha value is -2.37. The molecule has 1 heterocycles. The van der Waals surface area contributed by atoms with Crippen LogP contribution in [0.4, 0.5) is 15.8 Å². The first-order valence-corrected chi connectivity index (χ1v) is 5.93. The molecule has 0 spiro atoms. The monoisotopic (exact) mass is 263 g/mol. The Bertz CT molecular complexity index is 595. The Balaban J connectivity index is 2.10. The van der Waals surface area contributed by atoms with Gasteiger partial charge in [-0.3, -0.25) is 10.1 Å². The molecule has 0 amide bonds. The molecule has 0 fully saturated rings. The molecule has 1 aromatic carbocycles. The lowest BCUT2D eigenvalue weighted by Crippen LogP contribution is -2.07. The standard InChI is InChI=1S/C13H14FN3O2/c1-2-16-7-3-4-11(16)9-15-13-6-5-10(17(18)19)8-12(13)14/h3-8,15H,2,9H2,1H3. The van der Waals surface area contributed by atoms with E-state index in [4.69, 9.17) is 0 Å². The van der Waals surface area contributed by atoms with E-state index in [0.29, 0.717) is 6.54 Å². The lowest BCUT2D eigenvalue weighted by molar-refractivity contribution is -0.385. The molecule has 0 aliphatic heterocycles. The smallest absolute Gasteiger partial charge is 0.272 e. The number of halogens is 1. The van der Waals surface area contributed by atoms with Gasteiger partial charge in [0.25, 0.3) is 5.69 Å². The Morgan fingerprint density at radius 2 is 2.21 bits per heavy atom. The first-order chi connectivity index (χ1) is 9.11. The Morgan fingerprint density at radius 1 is 1.42 bits per heavy atom. The molecule has 100 valence electrons. The minimum Gasteiger partial charge on any atom is -0.377 e. The molecule has 0 saturated heterocycles. The molecule has 2 rings (SSSR count). The summed E-state index contributed by atoms with van der Waals surface area (Å²) in [4.78, 5) is 9.89. The number of non-ortho nitro benzene ring substituents is 1. The molecule has 0 bridgehead atoms. The highest BCUT2D eigenvalue weighted by atomic mass is 19.1. The van der Waals surface area contributed by atoms with E-state index in [9.17, 15) is 14.5 Å². The van der Waals surface area contributed by atoms with Crippen LogP contribution in [0.1, 0.15) is 12.6 Å². The van der Waals surface area contributed by atoms with Crippen LogP contribution in [0.2, 0.25) is 0 Å². The van der Waals surface area contributed by atoms with Crippen molar-refractivity contribution in [3.63, 3.8) is 0 Å². The number of nitro groups is 1. The van der Waals surface area contributed by atoms with Crippen molar-refractivity contribution in [1.29, 1.82) is 0 Å². The van der Waals surface area contributed by atoms with Crippen molar-refractivity contribution >= 4 is 11.4 Å². The van der Waals surface area contributed by atoms with Gasteiger partial charge in [-0.05, 0) is 25.1 Å². The van der Waals surface area contributed by atoms with E-state index >= 15 is 0 Å². The largest absolute Gasteiger partial charge is 0.377 e. The molecule has 5 nitrogen and oxygen atoms in total. The van der Waals surface area contributed by atoms with Crippen molar-refractivity contribution in [2.75, 3.05) is 5.32 Å². The number of nitro benzene ring substituents is 1. The third-order valence-corrected chi connectivity index (χ3v) is 2.89. The molecule has 0 aliphatic rings. The van der Waals surface area contributed by atoms with Gasteiger partial charge in [0.2, 0.25) is 0 Å². The quantitative estimate of drug-likeness (QED) is 0.665. The summed E-state index contributed by atoms with van der Waals surface area (Å²) in [5, 5.41) is 13.4. The minimum absolute atomic E-state index is 0.250. The fourth-order valence-corrected chi connectivity index (χ4v) is 1.87. The summed E-state index contributed by atoms with van der Waals surface area (Å²) in [6.45, 7) is 3.33. The number of nitrogens with zero attached hydrogens (tertiary/aromatic N) is 2. The van der Waals surface area contributed by atoms with Crippen molar-refractivity contribution in [2.24, 2.45) is 0 Å². The predicted molar refractivity (Wildman–Crippen MR) is 70.5 cm³/mol. The van der Waals surface area contributed by atoms with Gasteiger partial charge in [0.1, 0.15) is 0 Å². The maximum atomic E-state index is 13.6. The summed E-state index contributed by atoms with van der Waals surface area (Å²) in [5.74, 6) is -0.621. The Labute approximate surface area is 109 Å². The summed E-state index contributed by atoms with van der Waals surface area (Å²) < 4.78 is 15.7. The molecule has 0 saturated carbocycles. The SMILES string of the molecule is CCn1cccc1CNc1ccc([N+](=O)[O-])cc1F. The highest BCUT2D eigenvalue weighted by Crippen LogP contribution is 2.21. The fourth-order valence-electron chi connectivity index (χ4n) is 1.87. The number of rotatable bonds is 5. The normalized spacial score (nSPS) is 10.4. The molecule has 1 N–H and O–H groups in total. The van der Waals surface area contributed by atoms with Crippen LogP contribution in [0.15, 0.2) is 36.5 Å². The van der Waals surface area contributed by atoms with E-state index in [1.165, 1.54) is 12.1 Å². The molecule has 0 radical (unpaired) electrons. The van der Waals surface area contributed by atoms with Gasteiger partial charge in [0.15, 0.2) is 5.82 Å². The van der Waals surface area contributed by atoms with Crippen LogP contribution in [0.3, 0.4) is 0 Å². The van der Waals surface area contributed by atoms with E-state index < -0.39 is 10.7 Å². The molecular weight excluding hydrogens is 249 g/mol. The first kappa shape index (κ1) is 13.1. The first-order valence-electron chi connectivity index (χ1n) is 5.93. The van der Waals surface area contributed by atoms with Gasteiger partial charge in [-0.1, -0.05) is 0 Å². The van der Waals surface area contributed by atoms with Gasteiger partial charge < -0.3 is 9.88 Å². The minimum atomic E-state index is -0.621. The van der Waals surface area contributed by atoms with Gasteiger partial charge in [-0.15, -0.1) is 0 Å². The van der Waals surface area contributed by atoms with Crippen molar-refractivity contribution in [3.05, 3.63) is 58.2 Å². The number of hydrogen-bond acceptors (Lipinski definition) is 3. The predicted octanol–water partition coefficient (Wildman–Crippen LogP) is 3.17. The van der Waals surface area contributed by atoms with Crippen LogP contribution >= 0.6 is 0 Å². The lowest BCUT2D eigenvalue weighted by Gasteiger charge is -2.09.